The van der Waals surface area contributed by atoms with Gasteiger partial charge in [-0.05, 0) is 48.5 Å². The Bertz CT molecular complexity index is 1720. The van der Waals surface area contributed by atoms with E-state index in [1.807, 2.05) is 84.9 Å². The van der Waals surface area contributed by atoms with Crippen molar-refractivity contribution in [1.82, 2.24) is 15.0 Å². The van der Waals surface area contributed by atoms with E-state index in [1.165, 1.54) is 0 Å². The lowest BCUT2D eigenvalue weighted by Crippen LogP contribution is -2.02. The van der Waals surface area contributed by atoms with Crippen molar-refractivity contribution in [2.45, 2.75) is 0 Å². The second-order valence-electron chi connectivity index (χ2n) is 7.96. The number of fused-ring (bicyclic) bond motifs is 6. The fraction of sp³-hybridized carbons (Fsp3) is 0. The molecule has 6 heteroatoms. The van der Waals surface area contributed by atoms with E-state index in [4.69, 9.17) is 19.6 Å². The molecule has 3 heterocycles. The van der Waals surface area contributed by atoms with E-state index in [2.05, 4.69) is 9.97 Å². The molecule has 4 aromatic carbocycles. The van der Waals surface area contributed by atoms with Crippen molar-refractivity contribution in [3.63, 3.8) is 0 Å². The summed E-state index contributed by atoms with van der Waals surface area (Å²) in [7, 11) is 0. The van der Waals surface area contributed by atoms with Crippen LogP contribution in [0.2, 0.25) is 0 Å². The number of nitrogens with zero attached hydrogens (tertiary/aromatic N) is 3. The average Bonchev–Trinajstić information content (AvgIpc) is 3.41. The van der Waals surface area contributed by atoms with Crippen LogP contribution in [-0.2, 0) is 0 Å². The lowest BCUT2D eigenvalue weighted by atomic mass is 10.1. The first-order valence-electron chi connectivity index (χ1n) is 10.6. The summed E-state index contributed by atoms with van der Waals surface area (Å²) in [6, 6.07) is 27.8. The first kappa shape index (κ1) is 17.9. The van der Waals surface area contributed by atoms with Crippen LogP contribution in [0.5, 0.6) is 0 Å². The Balaban J connectivity index is 1.39. The topological polar surface area (TPSA) is 91.0 Å². The van der Waals surface area contributed by atoms with Crippen LogP contribution in [0, 0.1) is 0 Å². The molecule has 7 rings (SSSR count). The minimum atomic E-state index is 0.171. The summed E-state index contributed by atoms with van der Waals surface area (Å²) in [5.74, 6) is 1.20. The molecule has 0 saturated heterocycles. The third kappa shape index (κ3) is 2.78. The number of nitrogens with two attached hydrogens (primary N) is 1. The molecule has 7 aromatic rings. The molecule has 0 saturated carbocycles. The Labute approximate surface area is 187 Å². The zero-order chi connectivity index (χ0) is 21.9. The lowest BCUT2D eigenvalue weighted by molar-refractivity contribution is 0.668. The van der Waals surface area contributed by atoms with Crippen LogP contribution in [0.4, 0.5) is 5.95 Å². The minimum absolute atomic E-state index is 0.171. The van der Waals surface area contributed by atoms with Crippen molar-refractivity contribution in [1.29, 1.82) is 0 Å². The monoisotopic (exact) mass is 428 g/mol. The van der Waals surface area contributed by atoms with Gasteiger partial charge in [0, 0.05) is 32.7 Å². The maximum atomic E-state index is 6.10. The van der Waals surface area contributed by atoms with Crippen molar-refractivity contribution in [2.24, 2.45) is 0 Å². The van der Waals surface area contributed by atoms with E-state index in [-0.39, 0.29) is 5.95 Å². The quantitative estimate of drug-likeness (QED) is 0.334. The van der Waals surface area contributed by atoms with Gasteiger partial charge in [0.25, 0.3) is 0 Å². The summed E-state index contributed by atoms with van der Waals surface area (Å²) < 4.78 is 11.9. The van der Waals surface area contributed by atoms with Crippen LogP contribution >= 0.6 is 0 Å². The highest BCUT2D eigenvalue weighted by atomic mass is 16.3. The molecule has 0 aliphatic rings. The fourth-order valence-electron chi connectivity index (χ4n) is 4.38. The summed E-state index contributed by atoms with van der Waals surface area (Å²) in [4.78, 5) is 13.6. The molecule has 3 aromatic heterocycles. The molecule has 6 nitrogen and oxygen atoms in total. The number of anilines is 1. The number of nitrogen functional groups attached to an aromatic ring is 1. The molecule has 0 aliphatic carbocycles. The van der Waals surface area contributed by atoms with E-state index in [0.717, 1.165) is 55.0 Å². The minimum Gasteiger partial charge on any atom is -0.456 e. The Kier molecular flexibility index (Phi) is 3.61. The van der Waals surface area contributed by atoms with Gasteiger partial charge in [-0.2, -0.15) is 9.97 Å². The first-order valence-corrected chi connectivity index (χ1v) is 10.6. The molecule has 0 radical (unpaired) electrons. The Morgan fingerprint density at radius 1 is 0.485 bits per heavy atom. The average molecular weight is 428 g/mol. The normalized spacial score (nSPS) is 11.8. The zero-order valence-corrected chi connectivity index (χ0v) is 17.3. The molecule has 0 bridgehead atoms. The van der Waals surface area contributed by atoms with E-state index >= 15 is 0 Å². The van der Waals surface area contributed by atoms with Crippen molar-refractivity contribution in [3.8, 4) is 22.8 Å². The van der Waals surface area contributed by atoms with Gasteiger partial charge in [-0.3, -0.25) is 0 Å². The Morgan fingerprint density at radius 2 is 0.939 bits per heavy atom. The Morgan fingerprint density at radius 3 is 1.45 bits per heavy atom. The van der Waals surface area contributed by atoms with Gasteiger partial charge in [-0.1, -0.05) is 36.4 Å². The smallest absolute Gasteiger partial charge is 0.224 e. The summed E-state index contributed by atoms with van der Waals surface area (Å²) in [6.45, 7) is 0. The van der Waals surface area contributed by atoms with Gasteiger partial charge >= 0.3 is 0 Å². The predicted octanol–water partition coefficient (Wildman–Crippen LogP) is 6.59. The van der Waals surface area contributed by atoms with Crippen LogP contribution < -0.4 is 5.73 Å². The number of aromatic nitrogens is 3. The van der Waals surface area contributed by atoms with Gasteiger partial charge in [0.1, 0.15) is 22.3 Å². The molecule has 33 heavy (non-hydrogen) atoms. The summed E-state index contributed by atoms with van der Waals surface area (Å²) >= 11 is 0. The molecular weight excluding hydrogens is 412 g/mol. The third-order valence-corrected chi connectivity index (χ3v) is 5.92. The van der Waals surface area contributed by atoms with Crippen LogP contribution in [0.25, 0.3) is 66.7 Å². The van der Waals surface area contributed by atoms with Gasteiger partial charge in [-0.25, -0.2) is 4.98 Å². The number of hydrogen-bond acceptors (Lipinski definition) is 6. The van der Waals surface area contributed by atoms with Gasteiger partial charge in [0.2, 0.25) is 5.95 Å². The molecule has 0 atom stereocenters. The zero-order valence-electron chi connectivity index (χ0n) is 17.3. The third-order valence-electron chi connectivity index (χ3n) is 5.92. The largest absolute Gasteiger partial charge is 0.456 e. The van der Waals surface area contributed by atoms with Crippen molar-refractivity contribution in [2.75, 3.05) is 5.73 Å². The van der Waals surface area contributed by atoms with Gasteiger partial charge in [-0.15, -0.1) is 0 Å². The SMILES string of the molecule is Nc1nc(-c2ccc3oc4ccccc4c3c2)nc(-c2ccc3oc4ccccc4c3c2)n1. The highest BCUT2D eigenvalue weighted by Crippen LogP contribution is 2.34. The molecular formula is C27H16N4O2. The summed E-state index contributed by atoms with van der Waals surface area (Å²) in [5, 5.41) is 4.12. The van der Waals surface area contributed by atoms with E-state index in [0.29, 0.717) is 11.6 Å². The maximum absolute atomic E-state index is 6.10. The number of rotatable bonds is 2. The lowest BCUT2D eigenvalue weighted by Gasteiger charge is -2.06. The maximum Gasteiger partial charge on any atom is 0.224 e. The van der Waals surface area contributed by atoms with E-state index in [9.17, 15) is 0 Å². The van der Waals surface area contributed by atoms with E-state index in [1.54, 1.807) is 0 Å². The van der Waals surface area contributed by atoms with Gasteiger partial charge < -0.3 is 14.6 Å². The predicted molar refractivity (Wildman–Crippen MR) is 130 cm³/mol. The van der Waals surface area contributed by atoms with Crippen molar-refractivity contribution >= 4 is 49.8 Å². The van der Waals surface area contributed by atoms with Crippen molar-refractivity contribution < 1.29 is 8.83 Å². The van der Waals surface area contributed by atoms with Crippen molar-refractivity contribution in [3.05, 3.63) is 84.9 Å². The number of para-hydroxylation sites is 2. The molecule has 0 fully saturated rings. The number of benzene rings is 4. The molecule has 0 unspecified atom stereocenters. The molecule has 156 valence electrons. The van der Waals surface area contributed by atoms with Crippen LogP contribution in [0.1, 0.15) is 0 Å². The van der Waals surface area contributed by atoms with Crippen LogP contribution in [0.3, 0.4) is 0 Å². The molecule has 2 N–H and O–H groups in total. The van der Waals surface area contributed by atoms with Crippen LogP contribution in [-0.4, -0.2) is 15.0 Å². The number of hydrogen-bond donors (Lipinski definition) is 1. The Hall–Kier alpha value is -4.71. The molecule has 0 amide bonds. The van der Waals surface area contributed by atoms with Crippen LogP contribution in [0.15, 0.2) is 93.8 Å². The van der Waals surface area contributed by atoms with Gasteiger partial charge in [0.05, 0.1) is 0 Å². The first-order chi connectivity index (χ1) is 16.2. The second-order valence-corrected chi connectivity index (χ2v) is 7.96. The highest BCUT2D eigenvalue weighted by molar-refractivity contribution is 6.07. The number of furan rings is 2. The standard InChI is InChI=1S/C27H16N4O2/c28-27-30-25(15-9-11-23-19(13-15)17-5-1-3-7-21(17)32-23)29-26(31-27)16-10-12-24-20(14-16)18-6-2-4-8-22(18)33-24/h1-14H,(H2,28,29,30,31). The van der Waals surface area contributed by atoms with E-state index < -0.39 is 0 Å². The summed E-state index contributed by atoms with van der Waals surface area (Å²) in [6.07, 6.45) is 0. The molecule has 0 aliphatic heterocycles. The highest BCUT2D eigenvalue weighted by Gasteiger charge is 2.14. The second kappa shape index (κ2) is 6.64. The van der Waals surface area contributed by atoms with Gasteiger partial charge in [0.15, 0.2) is 11.6 Å². The fourth-order valence-corrected chi connectivity index (χ4v) is 4.38. The molecule has 0 spiro atoms. The summed E-state index contributed by atoms with van der Waals surface area (Å²) in [5.41, 5.74) is 11.1.